The quantitative estimate of drug-likeness (QED) is 0.652. The molecule has 6 nitrogen and oxygen atoms in total. The Bertz CT molecular complexity index is 1220. The summed E-state index contributed by atoms with van der Waals surface area (Å²) in [7, 11) is -7.97. The summed E-state index contributed by atoms with van der Waals surface area (Å²) in [5.41, 5.74) is 0.628. The number of aromatic nitrogens is 1. The standard InChI is InChI=1S/C19H17ClN2O4S2/c1-13-11-17(27(23,24)16-8-6-15(20)7-9-16)14(2)18(12-13)28(25,26)22-19-5-3-4-10-21-19/h3-12H,1-2H3,(H,21,22). The van der Waals surface area contributed by atoms with Crippen LogP contribution in [0.5, 0.6) is 0 Å². The molecule has 2 aromatic carbocycles. The molecule has 9 heteroatoms. The number of halogens is 1. The van der Waals surface area contributed by atoms with Gasteiger partial charge in [0, 0.05) is 11.2 Å². The van der Waals surface area contributed by atoms with Gasteiger partial charge in [-0.05, 0) is 73.5 Å². The third kappa shape index (κ3) is 4.04. The van der Waals surface area contributed by atoms with Gasteiger partial charge in [0.05, 0.1) is 14.7 Å². The molecular weight excluding hydrogens is 420 g/mol. The van der Waals surface area contributed by atoms with Gasteiger partial charge in [-0.1, -0.05) is 17.7 Å². The molecule has 0 spiro atoms. The van der Waals surface area contributed by atoms with Crippen LogP contribution in [0, 0.1) is 13.8 Å². The lowest BCUT2D eigenvalue weighted by atomic mass is 10.2. The van der Waals surface area contributed by atoms with E-state index in [-0.39, 0.29) is 26.1 Å². The number of hydrogen-bond acceptors (Lipinski definition) is 5. The zero-order valence-electron chi connectivity index (χ0n) is 15.0. The number of aryl methyl sites for hydroxylation is 1. The van der Waals surface area contributed by atoms with E-state index in [0.717, 1.165) is 0 Å². The molecule has 0 aliphatic rings. The summed E-state index contributed by atoms with van der Waals surface area (Å²) >= 11 is 5.84. The molecule has 28 heavy (non-hydrogen) atoms. The minimum atomic E-state index is -4.04. The molecule has 0 unspecified atom stereocenters. The second kappa shape index (κ2) is 7.54. The molecule has 0 saturated heterocycles. The van der Waals surface area contributed by atoms with Gasteiger partial charge in [-0.15, -0.1) is 0 Å². The van der Waals surface area contributed by atoms with Gasteiger partial charge in [-0.25, -0.2) is 21.8 Å². The molecule has 3 aromatic rings. The molecule has 0 radical (unpaired) electrons. The molecule has 0 aliphatic carbocycles. The summed E-state index contributed by atoms with van der Waals surface area (Å²) in [5.74, 6) is 0.144. The maximum Gasteiger partial charge on any atom is 0.263 e. The SMILES string of the molecule is Cc1cc(S(=O)(=O)Nc2ccccn2)c(C)c(S(=O)(=O)c2ccc(Cl)cc2)c1. The van der Waals surface area contributed by atoms with E-state index in [9.17, 15) is 16.8 Å². The van der Waals surface area contributed by atoms with E-state index >= 15 is 0 Å². The fraction of sp³-hybridized carbons (Fsp3) is 0.105. The van der Waals surface area contributed by atoms with Crippen molar-refractivity contribution in [2.24, 2.45) is 0 Å². The summed E-state index contributed by atoms with van der Waals surface area (Å²) in [4.78, 5) is 3.79. The van der Waals surface area contributed by atoms with Crippen molar-refractivity contribution in [1.29, 1.82) is 0 Å². The molecule has 0 bridgehead atoms. The van der Waals surface area contributed by atoms with Crippen molar-refractivity contribution in [3.8, 4) is 0 Å². The van der Waals surface area contributed by atoms with Gasteiger partial charge in [0.1, 0.15) is 5.82 Å². The Morgan fingerprint density at radius 3 is 2.14 bits per heavy atom. The number of hydrogen-bond donors (Lipinski definition) is 1. The average Bonchev–Trinajstić information content (AvgIpc) is 2.64. The fourth-order valence-electron chi connectivity index (χ4n) is 2.71. The topological polar surface area (TPSA) is 93.2 Å². The van der Waals surface area contributed by atoms with Crippen molar-refractivity contribution in [1.82, 2.24) is 4.98 Å². The third-order valence-electron chi connectivity index (χ3n) is 4.06. The van der Waals surface area contributed by atoms with Crippen LogP contribution in [0.3, 0.4) is 0 Å². The molecule has 0 atom stereocenters. The maximum absolute atomic E-state index is 13.1. The first kappa shape index (κ1) is 20.3. The lowest BCUT2D eigenvalue weighted by Crippen LogP contribution is -2.17. The molecule has 1 N–H and O–H groups in total. The Kier molecular flexibility index (Phi) is 5.47. The normalized spacial score (nSPS) is 12.0. The van der Waals surface area contributed by atoms with Crippen molar-refractivity contribution < 1.29 is 16.8 Å². The fourth-order valence-corrected chi connectivity index (χ4v) is 5.86. The van der Waals surface area contributed by atoms with Gasteiger partial charge in [-0.3, -0.25) is 4.72 Å². The lowest BCUT2D eigenvalue weighted by molar-refractivity contribution is 0.594. The third-order valence-corrected chi connectivity index (χ3v) is 7.69. The zero-order chi connectivity index (χ0) is 20.5. The van der Waals surface area contributed by atoms with Crippen LogP contribution in [-0.4, -0.2) is 21.8 Å². The lowest BCUT2D eigenvalue weighted by Gasteiger charge is -2.15. The van der Waals surface area contributed by atoms with Crippen molar-refractivity contribution in [2.45, 2.75) is 28.5 Å². The largest absolute Gasteiger partial charge is 0.263 e. The summed E-state index contributed by atoms with van der Waals surface area (Å²) in [6, 6.07) is 13.4. The summed E-state index contributed by atoms with van der Waals surface area (Å²) in [5, 5.41) is 0.405. The van der Waals surface area contributed by atoms with E-state index in [0.29, 0.717) is 10.6 Å². The van der Waals surface area contributed by atoms with Gasteiger partial charge in [0.15, 0.2) is 0 Å². The average molecular weight is 437 g/mol. The Morgan fingerprint density at radius 1 is 0.893 bits per heavy atom. The molecule has 1 heterocycles. The number of rotatable bonds is 5. The minimum Gasteiger partial charge on any atom is -0.263 e. The number of nitrogens with zero attached hydrogens (tertiary/aromatic N) is 1. The van der Waals surface area contributed by atoms with Gasteiger partial charge in [0.2, 0.25) is 9.84 Å². The van der Waals surface area contributed by atoms with Crippen LogP contribution in [0.1, 0.15) is 11.1 Å². The van der Waals surface area contributed by atoms with Crippen LogP contribution in [-0.2, 0) is 19.9 Å². The van der Waals surface area contributed by atoms with E-state index < -0.39 is 19.9 Å². The van der Waals surface area contributed by atoms with E-state index in [4.69, 9.17) is 11.6 Å². The van der Waals surface area contributed by atoms with Crippen LogP contribution < -0.4 is 4.72 Å². The van der Waals surface area contributed by atoms with Crippen molar-refractivity contribution in [2.75, 3.05) is 4.72 Å². The van der Waals surface area contributed by atoms with E-state index in [1.807, 2.05) is 0 Å². The molecule has 0 aliphatic heterocycles. The second-order valence-electron chi connectivity index (χ2n) is 6.16. The van der Waals surface area contributed by atoms with Crippen molar-refractivity contribution in [3.05, 3.63) is 76.9 Å². The zero-order valence-corrected chi connectivity index (χ0v) is 17.4. The Hall–Kier alpha value is -2.42. The van der Waals surface area contributed by atoms with E-state index in [2.05, 4.69) is 9.71 Å². The van der Waals surface area contributed by atoms with Gasteiger partial charge >= 0.3 is 0 Å². The monoisotopic (exact) mass is 436 g/mol. The Balaban J connectivity index is 2.14. The second-order valence-corrected chi connectivity index (χ2v) is 10.2. The minimum absolute atomic E-state index is 0.0339. The van der Waals surface area contributed by atoms with Crippen LogP contribution in [0.25, 0.3) is 0 Å². The number of nitrogens with one attached hydrogen (secondary N) is 1. The van der Waals surface area contributed by atoms with Crippen LogP contribution in [0.2, 0.25) is 5.02 Å². The summed E-state index contributed by atoms with van der Waals surface area (Å²) in [6.07, 6.45) is 1.46. The Labute approximate surface area is 169 Å². The molecule has 1 aromatic heterocycles. The van der Waals surface area contributed by atoms with Gasteiger partial charge < -0.3 is 0 Å². The molecule has 146 valence electrons. The number of benzene rings is 2. The maximum atomic E-state index is 13.1. The number of sulfonamides is 1. The van der Waals surface area contributed by atoms with Crippen LogP contribution in [0.4, 0.5) is 5.82 Å². The van der Waals surface area contributed by atoms with Crippen LogP contribution >= 0.6 is 11.6 Å². The molecule has 0 amide bonds. The Morgan fingerprint density at radius 2 is 1.54 bits per heavy atom. The van der Waals surface area contributed by atoms with Crippen molar-refractivity contribution >= 4 is 37.3 Å². The molecule has 0 fully saturated rings. The first-order valence-corrected chi connectivity index (χ1v) is 11.5. The van der Waals surface area contributed by atoms with E-state index in [1.54, 1.807) is 19.1 Å². The smallest absolute Gasteiger partial charge is 0.263 e. The molecule has 0 saturated carbocycles. The predicted octanol–water partition coefficient (Wildman–Crippen LogP) is 3.99. The van der Waals surface area contributed by atoms with E-state index in [1.165, 1.54) is 55.6 Å². The summed E-state index contributed by atoms with van der Waals surface area (Å²) < 4.78 is 54.3. The first-order chi connectivity index (χ1) is 13.1. The summed E-state index contributed by atoms with van der Waals surface area (Å²) in [6.45, 7) is 3.11. The first-order valence-electron chi connectivity index (χ1n) is 8.17. The van der Waals surface area contributed by atoms with Gasteiger partial charge in [0.25, 0.3) is 10.0 Å². The number of sulfone groups is 1. The van der Waals surface area contributed by atoms with Crippen molar-refractivity contribution in [3.63, 3.8) is 0 Å². The molecule has 3 rings (SSSR count). The molecular formula is C19H17ClN2O4S2. The van der Waals surface area contributed by atoms with Crippen LogP contribution in [0.15, 0.2) is 75.5 Å². The highest BCUT2D eigenvalue weighted by atomic mass is 35.5. The van der Waals surface area contributed by atoms with Gasteiger partial charge in [-0.2, -0.15) is 0 Å². The highest BCUT2D eigenvalue weighted by molar-refractivity contribution is 7.93. The number of pyridine rings is 1. The highest BCUT2D eigenvalue weighted by Crippen LogP contribution is 2.30. The highest BCUT2D eigenvalue weighted by Gasteiger charge is 2.26. The number of anilines is 1. The predicted molar refractivity (Wildman–Crippen MR) is 108 cm³/mol.